The van der Waals surface area contributed by atoms with Crippen molar-refractivity contribution < 1.29 is 56.5 Å². The van der Waals surface area contributed by atoms with Gasteiger partial charge in [-0.05, 0) is 25.6 Å². The number of para-hydroxylation sites is 1. The molecule has 2 rings (SSSR count). The smallest absolute Gasteiger partial charge is 0.310 e. The summed E-state index contributed by atoms with van der Waals surface area (Å²) < 4.78 is 6.99. The molecule has 1 aromatic carbocycles. The van der Waals surface area contributed by atoms with E-state index in [0.29, 0.717) is 0 Å². The number of ether oxygens (including phenoxy) is 1. The van der Waals surface area contributed by atoms with Crippen LogP contribution in [0.5, 0.6) is 0 Å². The first-order valence-electron chi connectivity index (χ1n) is 6.55. The number of carbonyl (C=O) groups is 1. The summed E-state index contributed by atoms with van der Waals surface area (Å²) in [5.41, 5.74) is 2.65. The number of nitrogens with zero attached hydrogens (tertiary/aromatic N) is 2. The number of aryl methyl sites for hydroxylation is 1. The first kappa shape index (κ1) is 19.4. The van der Waals surface area contributed by atoms with E-state index in [-0.39, 0.29) is 65.9 Å². The van der Waals surface area contributed by atoms with E-state index in [2.05, 4.69) is 17.0 Å². The molecule has 0 radical (unpaired) electrons. The summed E-state index contributed by atoms with van der Waals surface area (Å²) in [6.45, 7) is 5.73. The topological polar surface area (TPSA) is 43.6 Å². The van der Waals surface area contributed by atoms with E-state index >= 15 is 0 Å². The van der Waals surface area contributed by atoms with E-state index in [0.717, 1.165) is 21.7 Å². The third kappa shape index (κ3) is 5.23. The van der Waals surface area contributed by atoms with Crippen LogP contribution in [0.15, 0.2) is 41.9 Å². The number of aromatic nitrogens is 1. The predicted octanol–water partition coefficient (Wildman–Crippen LogP) is 2.70. The molecule has 0 N–H and O–H groups in total. The van der Waals surface area contributed by atoms with Gasteiger partial charge >= 0.3 is 5.97 Å². The molecule has 124 valence electrons. The fourth-order valence-electron chi connectivity index (χ4n) is 1.73. The summed E-state index contributed by atoms with van der Waals surface area (Å²) >= 11 is 1.45. The number of benzene rings is 1. The Morgan fingerprint density at radius 3 is 2.86 bits per heavy atom. The van der Waals surface area contributed by atoms with Crippen molar-refractivity contribution in [3.05, 3.63) is 58.4 Å². The maximum atomic E-state index is 11.7. The van der Waals surface area contributed by atoms with Crippen LogP contribution in [0.2, 0.25) is 0 Å². The normalized spacial score (nSPS) is 10.9. The van der Waals surface area contributed by atoms with Gasteiger partial charge in [0.1, 0.15) is 6.61 Å². The van der Waals surface area contributed by atoms with E-state index in [1.165, 1.54) is 11.3 Å². The number of esters is 1. The molecule has 0 saturated carbocycles. The quantitative estimate of drug-likeness (QED) is 0.380. The third-order valence-electron chi connectivity index (χ3n) is 2.98. The zero-order valence-corrected chi connectivity index (χ0v) is 14.9. The number of rotatable bonds is 5. The van der Waals surface area contributed by atoms with Gasteiger partial charge in [0.05, 0.1) is 6.42 Å². The van der Waals surface area contributed by atoms with Crippen LogP contribution in [0, 0.1) is 59.2 Å². The van der Waals surface area contributed by atoms with Crippen molar-refractivity contribution in [1.82, 2.24) is 4.57 Å². The molecule has 0 bridgehead atoms. The van der Waals surface area contributed by atoms with Crippen LogP contribution in [-0.4, -0.2) is 17.1 Å². The second-order valence-corrected chi connectivity index (χ2v) is 5.29. The molecule has 0 aliphatic rings. The fraction of sp³-hybridized carbons (Fsp3) is 0.250. The van der Waals surface area contributed by atoms with Crippen molar-refractivity contribution in [2.45, 2.75) is 13.3 Å². The summed E-state index contributed by atoms with van der Waals surface area (Å²) in [7, 11) is 1.95. The average Bonchev–Trinajstić information content (AvgIpc) is 2.79. The molecule has 4 nitrogen and oxygen atoms in total. The van der Waals surface area contributed by atoms with Crippen molar-refractivity contribution in [1.29, 1.82) is 0 Å². The maximum Gasteiger partial charge on any atom is 0.310 e. The minimum atomic E-state index is -0.282. The van der Waals surface area contributed by atoms with E-state index in [4.69, 9.17) is 4.74 Å². The molecule has 6 heteroatoms. The molecule has 0 aliphatic carbocycles. The molecule has 0 unspecified atom stereocenters. The molecule has 0 amide bonds. The van der Waals surface area contributed by atoms with Gasteiger partial charge in [-0.15, -0.1) is 0 Å². The first-order chi connectivity index (χ1) is 10.1. The van der Waals surface area contributed by atoms with Crippen molar-refractivity contribution in [2.24, 2.45) is 12.0 Å². The summed E-state index contributed by atoms with van der Waals surface area (Å²) in [5.74, 6) is -0.282. The van der Waals surface area contributed by atoms with Gasteiger partial charge in [-0.1, -0.05) is 36.5 Å². The SMILES string of the molecule is C=CCOC(=O)Cc1ccccc1N=c1s[c-]c(C)n1C.[Yb]. The number of thiazole rings is 1. The zero-order valence-electron chi connectivity index (χ0n) is 12.4. The van der Waals surface area contributed by atoms with Gasteiger partial charge in [-0.3, -0.25) is 4.79 Å². The molecule has 0 spiro atoms. The van der Waals surface area contributed by atoms with E-state index in [1.807, 2.05) is 42.8 Å². The molecule has 0 saturated heterocycles. The fourth-order valence-corrected chi connectivity index (χ4v) is 2.52. The third-order valence-corrected chi connectivity index (χ3v) is 3.93. The molecule has 0 atom stereocenters. The van der Waals surface area contributed by atoms with Crippen molar-refractivity contribution in [2.75, 3.05) is 6.61 Å². The van der Waals surface area contributed by atoms with Gasteiger partial charge in [-0.25, -0.2) is 0 Å². The monoisotopic (exact) mass is 475 g/mol. The van der Waals surface area contributed by atoms with Gasteiger partial charge in [0.2, 0.25) is 0 Å². The number of carbonyl (C=O) groups excluding carboxylic acids is 1. The predicted molar refractivity (Wildman–Crippen MR) is 83.4 cm³/mol. The van der Waals surface area contributed by atoms with Gasteiger partial charge in [0, 0.05) is 57.4 Å². The summed E-state index contributed by atoms with van der Waals surface area (Å²) in [5, 5.41) is 3.15. The molecule has 2 aromatic rings. The summed E-state index contributed by atoms with van der Waals surface area (Å²) in [6.07, 6.45) is 1.75. The second kappa shape index (κ2) is 9.50. The van der Waals surface area contributed by atoms with Gasteiger partial charge in [-0.2, -0.15) is 5.38 Å². The Kier molecular flexibility index (Phi) is 8.39. The van der Waals surface area contributed by atoms with Crippen molar-refractivity contribution in [3.63, 3.8) is 0 Å². The Morgan fingerprint density at radius 2 is 2.23 bits per heavy atom. The molecule has 1 aromatic heterocycles. The maximum absolute atomic E-state index is 11.7. The summed E-state index contributed by atoms with van der Waals surface area (Å²) in [4.78, 5) is 17.2. The largest absolute Gasteiger partial charge is 0.461 e. The van der Waals surface area contributed by atoms with Crippen LogP contribution in [0.3, 0.4) is 0 Å². The Morgan fingerprint density at radius 1 is 1.50 bits per heavy atom. The molecule has 0 fully saturated rings. The van der Waals surface area contributed by atoms with Crippen LogP contribution in [-0.2, 0) is 23.0 Å². The van der Waals surface area contributed by atoms with Crippen LogP contribution in [0.1, 0.15) is 11.3 Å². The minimum absolute atomic E-state index is 0. The zero-order chi connectivity index (χ0) is 15.2. The van der Waals surface area contributed by atoms with Gasteiger partial charge in [0.25, 0.3) is 0 Å². The number of hydrogen-bond donors (Lipinski definition) is 0. The van der Waals surface area contributed by atoms with Crippen molar-refractivity contribution in [3.8, 4) is 0 Å². The van der Waals surface area contributed by atoms with E-state index in [9.17, 15) is 4.79 Å². The number of hydrogen-bond acceptors (Lipinski definition) is 4. The van der Waals surface area contributed by atoms with E-state index < -0.39 is 0 Å². The van der Waals surface area contributed by atoms with E-state index in [1.54, 1.807) is 6.08 Å². The summed E-state index contributed by atoms with van der Waals surface area (Å²) in [6, 6.07) is 7.58. The van der Waals surface area contributed by atoms with Crippen LogP contribution in [0.25, 0.3) is 0 Å². The Balaban J connectivity index is 0.00000242. The van der Waals surface area contributed by atoms with Crippen LogP contribution in [0.4, 0.5) is 5.69 Å². The standard InChI is InChI=1S/C16H17N2O2S.Yb/c1-4-9-20-15(19)10-13-7-5-6-8-14(13)17-16-18(3)12(2)11-21-16;/h4-8H,1,9-10H2,2-3H3;/q-1;. The van der Waals surface area contributed by atoms with Crippen molar-refractivity contribution >= 4 is 23.0 Å². The van der Waals surface area contributed by atoms with Gasteiger partial charge in [0.15, 0.2) is 0 Å². The average molecular weight is 474 g/mol. The molecular weight excluding hydrogens is 457 g/mol. The van der Waals surface area contributed by atoms with Crippen LogP contribution >= 0.6 is 11.3 Å². The molecular formula is C16H17N2O2SYb-. The second-order valence-electron chi connectivity index (χ2n) is 4.52. The molecule has 22 heavy (non-hydrogen) atoms. The Hall–Kier alpha value is -0.621. The minimum Gasteiger partial charge on any atom is -0.461 e. The first-order valence-corrected chi connectivity index (χ1v) is 7.36. The molecule has 1 heterocycles. The Bertz CT molecular complexity index is 719. The van der Waals surface area contributed by atoms with Gasteiger partial charge < -0.3 is 25.6 Å². The Labute approximate surface area is 172 Å². The molecule has 0 aliphatic heterocycles. The van der Waals surface area contributed by atoms with Crippen LogP contribution < -0.4 is 4.80 Å².